The Bertz CT molecular complexity index is 751. The van der Waals surface area contributed by atoms with Gasteiger partial charge in [0.25, 0.3) is 0 Å². The minimum absolute atomic E-state index is 0.143. The highest BCUT2D eigenvalue weighted by atomic mass is 32.2. The largest absolute Gasteiger partial charge is 0.301 e. The summed E-state index contributed by atoms with van der Waals surface area (Å²) in [5.74, 6) is 0. The second-order valence-corrected chi connectivity index (χ2v) is 7.75. The Labute approximate surface area is 140 Å². The first-order valence-electron chi connectivity index (χ1n) is 7.53. The van der Waals surface area contributed by atoms with Gasteiger partial charge in [0.15, 0.2) is 0 Å². The van der Waals surface area contributed by atoms with Gasteiger partial charge in [0, 0.05) is 10.3 Å². The van der Waals surface area contributed by atoms with Crippen LogP contribution in [0.5, 0.6) is 0 Å². The number of nitrogens with two attached hydrogens (primary N) is 1. The lowest BCUT2D eigenvalue weighted by molar-refractivity contribution is 0.588. The zero-order valence-corrected chi connectivity index (χ0v) is 14.6. The molecule has 0 radical (unpaired) electrons. The third-order valence-corrected chi connectivity index (χ3v) is 4.62. The lowest BCUT2D eigenvalue weighted by Crippen LogP contribution is -2.31. The fraction of sp³-hybridized carbons (Fsp3) is 0.353. The van der Waals surface area contributed by atoms with E-state index in [-0.39, 0.29) is 10.9 Å². The molecule has 2 N–H and O–H groups in total. The lowest BCUT2D eigenvalue weighted by Gasteiger charge is -2.30. The highest BCUT2D eigenvalue weighted by Crippen LogP contribution is 2.42. The molecule has 1 aliphatic rings. The van der Waals surface area contributed by atoms with Crippen LogP contribution in [0.3, 0.4) is 0 Å². The minimum Gasteiger partial charge on any atom is -0.301 e. The lowest BCUT2D eigenvalue weighted by atomic mass is 9.87. The molecule has 120 valence electrons. The molecule has 5 nitrogen and oxygen atoms in total. The van der Waals surface area contributed by atoms with Crippen molar-refractivity contribution in [2.24, 2.45) is 16.1 Å². The molecule has 23 heavy (non-hydrogen) atoms. The fourth-order valence-electron chi connectivity index (χ4n) is 2.49. The number of hydrogen-bond acceptors (Lipinski definition) is 5. The van der Waals surface area contributed by atoms with E-state index in [1.165, 1.54) is 5.56 Å². The van der Waals surface area contributed by atoms with Crippen molar-refractivity contribution in [1.82, 2.24) is 14.8 Å². The number of aliphatic imine (C=N–C) groups is 1. The molecule has 1 aliphatic heterocycles. The van der Waals surface area contributed by atoms with E-state index >= 15 is 0 Å². The maximum absolute atomic E-state index is 6.19. The third kappa shape index (κ3) is 3.23. The van der Waals surface area contributed by atoms with Gasteiger partial charge < -0.3 is 5.73 Å². The zero-order chi connectivity index (χ0) is 16.6. The van der Waals surface area contributed by atoms with Crippen LogP contribution in [0.15, 0.2) is 41.9 Å². The summed E-state index contributed by atoms with van der Waals surface area (Å²) in [5.41, 5.74) is 10.00. The second kappa shape index (κ2) is 5.94. The molecule has 2 aromatic rings. The van der Waals surface area contributed by atoms with Crippen molar-refractivity contribution in [3.63, 3.8) is 0 Å². The van der Waals surface area contributed by atoms with Gasteiger partial charge in [-0.25, -0.2) is 9.67 Å². The number of hydrogen-bond donors (Lipinski definition) is 1. The van der Waals surface area contributed by atoms with Crippen LogP contribution >= 0.6 is 11.8 Å². The molecule has 0 spiro atoms. The Morgan fingerprint density at radius 2 is 1.87 bits per heavy atom. The van der Waals surface area contributed by atoms with Gasteiger partial charge in [0.1, 0.15) is 23.8 Å². The maximum atomic E-state index is 6.19. The van der Waals surface area contributed by atoms with Crippen molar-refractivity contribution in [3.05, 3.63) is 48.0 Å². The van der Waals surface area contributed by atoms with Crippen molar-refractivity contribution >= 4 is 28.1 Å². The molecule has 2 heterocycles. The quantitative estimate of drug-likeness (QED) is 0.918. The van der Waals surface area contributed by atoms with Crippen LogP contribution in [0.25, 0.3) is 10.6 Å². The number of aryl methyl sites for hydroxylation is 1. The van der Waals surface area contributed by atoms with E-state index in [1.807, 2.05) is 0 Å². The SMILES string of the molecule is Cc1ccc(C2=C(n3cncn3)C(C(C)(C)C)=NC(N)S2)cc1. The average Bonchev–Trinajstić information content (AvgIpc) is 3.00. The number of benzene rings is 1. The molecular weight excluding hydrogens is 306 g/mol. The summed E-state index contributed by atoms with van der Waals surface area (Å²) in [7, 11) is 0. The first kappa shape index (κ1) is 16.0. The summed E-state index contributed by atoms with van der Waals surface area (Å²) < 4.78 is 1.79. The van der Waals surface area contributed by atoms with Crippen molar-refractivity contribution in [3.8, 4) is 0 Å². The molecule has 3 rings (SSSR count). The van der Waals surface area contributed by atoms with Crippen molar-refractivity contribution in [2.45, 2.75) is 33.2 Å². The number of aromatic nitrogens is 3. The molecule has 0 saturated carbocycles. The number of allylic oxidation sites excluding steroid dienone is 1. The molecule has 6 heteroatoms. The molecular formula is C17H21N5S. The monoisotopic (exact) mass is 327 g/mol. The molecule has 1 aromatic heterocycles. The van der Waals surface area contributed by atoms with Gasteiger partial charge in [-0.05, 0) is 12.5 Å². The molecule has 0 bridgehead atoms. The van der Waals surface area contributed by atoms with E-state index in [4.69, 9.17) is 10.7 Å². The Hall–Kier alpha value is -1.92. The van der Waals surface area contributed by atoms with E-state index in [0.717, 1.165) is 21.9 Å². The van der Waals surface area contributed by atoms with Crippen LogP contribution in [-0.2, 0) is 0 Å². The Balaban J connectivity index is 2.24. The van der Waals surface area contributed by atoms with E-state index in [2.05, 4.69) is 62.0 Å². The molecule has 0 aliphatic carbocycles. The van der Waals surface area contributed by atoms with E-state index in [1.54, 1.807) is 29.1 Å². The van der Waals surface area contributed by atoms with Gasteiger partial charge in [-0.3, -0.25) is 4.99 Å². The van der Waals surface area contributed by atoms with Crippen LogP contribution in [0.1, 0.15) is 31.9 Å². The average molecular weight is 327 g/mol. The van der Waals surface area contributed by atoms with Gasteiger partial charge in [0.2, 0.25) is 0 Å². The summed E-state index contributed by atoms with van der Waals surface area (Å²) in [6, 6.07) is 8.45. The minimum atomic E-state index is -0.312. The predicted octanol–water partition coefficient (Wildman–Crippen LogP) is 3.39. The number of nitrogens with zero attached hydrogens (tertiary/aromatic N) is 4. The van der Waals surface area contributed by atoms with E-state index in [9.17, 15) is 0 Å². The predicted molar refractivity (Wildman–Crippen MR) is 96.8 cm³/mol. The molecule has 0 fully saturated rings. The van der Waals surface area contributed by atoms with Crippen LogP contribution in [0.2, 0.25) is 0 Å². The Morgan fingerprint density at radius 1 is 1.17 bits per heavy atom. The smallest absolute Gasteiger partial charge is 0.149 e. The van der Waals surface area contributed by atoms with E-state index in [0.29, 0.717) is 0 Å². The molecule has 1 aromatic carbocycles. The standard InChI is InChI=1S/C17H21N5S/c1-11-5-7-12(8-6-11)14-13(22-10-19-9-20-22)15(17(2,3)4)21-16(18)23-14/h5-10,16H,18H2,1-4H3. The summed E-state index contributed by atoms with van der Waals surface area (Å²) in [6.45, 7) is 8.49. The second-order valence-electron chi connectivity index (χ2n) is 6.62. The molecule has 0 saturated heterocycles. The van der Waals surface area contributed by atoms with E-state index < -0.39 is 0 Å². The highest BCUT2D eigenvalue weighted by Gasteiger charge is 2.32. The Morgan fingerprint density at radius 3 is 2.43 bits per heavy atom. The Kier molecular flexibility index (Phi) is 4.12. The van der Waals surface area contributed by atoms with Crippen LogP contribution in [0, 0.1) is 12.3 Å². The van der Waals surface area contributed by atoms with Gasteiger partial charge in [0.05, 0.1) is 5.71 Å². The highest BCUT2D eigenvalue weighted by molar-refractivity contribution is 8.09. The van der Waals surface area contributed by atoms with Crippen LogP contribution in [0.4, 0.5) is 0 Å². The van der Waals surface area contributed by atoms with Crippen LogP contribution in [-0.4, -0.2) is 26.0 Å². The van der Waals surface area contributed by atoms with Crippen LogP contribution < -0.4 is 5.73 Å². The first-order chi connectivity index (χ1) is 10.9. The van der Waals surface area contributed by atoms with Gasteiger partial charge in [-0.2, -0.15) is 5.10 Å². The summed E-state index contributed by atoms with van der Waals surface area (Å²) in [4.78, 5) is 9.88. The van der Waals surface area contributed by atoms with Gasteiger partial charge >= 0.3 is 0 Å². The van der Waals surface area contributed by atoms with Crippen molar-refractivity contribution < 1.29 is 0 Å². The fourth-order valence-corrected chi connectivity index (χ4v) is 3.47. The maximum Gasteiger partial charge on any atom is 0.149 e. The van der Waals surface area contributed by atoms with Crippen molar-refractivity contribution in [2.75, 3.05) is 0 Å². The summed E-state index contributed by atoms with van der Waals surface area (Å²) in [6.07, 6.45) is 3.25. The molecule has 1 atom stereocenters. The third-order valence-electron chi connectivity index (χ3n) is 3.61. The van der Waals surface area contributed by atoms with Gasteiger partial charge in [-0.1, -0.05) is 62.4 Å². The van der Waals surface area contributed by atoms with Crippen molar-refractivity contribution in [1.29, 1.82) is 0 Å². The van der Waals surface area contributed by atoms with Gasteiger partial charge in [-0.15, -0.1) is 0 Å². The summed E-state index contributed by atoms with van der Waals surface area (Å²) in [5, 5.41) is 4.33. The first-order valence-corrected chi connectivity index (χ1v) is 8.41. The normalized spacial score (nSPS) is 19.0. The number of thioether (sulfide) groups is 1. The molecule has 1 unspecified atom stereocenters. The molecule has 0 amide bonds. The number of rotatable bonds is 2. The summed E-state index contributed by atoms with van der Waals surface area (Å²) >= 11 is 1.55. The topological polar surface area (TPSA) is 69.1 Å². The zero-order valence-electron chi connectivity index (χ0n) is 13.8.